The first-order chi connectivity index (χ1) is 9.61. The van der Waals surface area contributed by atoms with E-state index in [0.29, 0.717) is 6.04 Å². The third kappa shape index (κ3) is 3.89. The Bertz CT molecular complexity index is 433. The fraction of sp³-hybridized carbons (Fsp3) is 0.647. The zero-order chi connectivity index (χ0) is 14.5. The molecule has 112 valence electrons. The Hall–Kier alpha value is -0.730. The average Bonchev–Trinajstić information content (AvgIpc) is 2.41. The van der Waals surface area contributed by atoms with Gasteiger partial charge in [-0.25, -0.2) is 0 Å². The fourth-order valence-electron chi connectivity index (χ4n) is 3.05. The number of hydrogen-bond acceptors (Lipinski definition) is 2. The van der Waals surface area contributed by atoms with Crippen LogP contribution in [0.2, 0.25) is 5.02 Å². The van der Waals surface area contributed by atoms with Gasteiger partial charge < -0.3 is 10.2 Å². The lowest BCUT2D eigenvalue weighted by atomic mass is 9.93. The lowest BCUT2D eigenvalue weighted by Gasteiger charge is -2.38. The highest BCUT2D eigenvalue weighted by atomic mass is 35.5. The number of nitrogens with one attached hydrogen (secondary N) is 1. The lowest BCUT2D eigenvalue weighted by Crippen LogP contribution is -2.40. The first kappa shape index (κ1) is 15.7. The SMILES string of the molecule is CCCNCc1ccc(N2CCC(C)CC2C)cc1Cl. The molecule has 1 fully saturated rings. The summed E-state index contributed by atoms with van der Waals surface area (Å²) in [6, 6.07) is 7.14. The van der Waals surface area contributed by atoms with Gasteiger partial charge in [0.25, 0.3) is 0 Å². The van der Waals surface area contributed by atoms with Crippen LogP contribution in [0.25, 0.3) is 0 Å². The molecule has 1 aromatic rings. The third-order valence-electron chi connectivity index (χ3n) is 4.25. The van der Waals surface area contributed by atoms with Crippen molar-refractivity contribution < 1.29 is 0 Å². The van der Waals surface area contributed by atoms with Crippen LogP contribution in [-0.4, -0.2) is 19.1 Å². The molecule has 0 bridgehead atoms. The summed E-state index contributed by atoms with van der Waals surface area (Å²) in [4.78, 5) is 2.50. The fourth-order valence-corrected chi connectivity index (χ4v) is 3.29. The number of nitrogens with zero attached hydrogens (tertiary/aromatic N) is 1. The third-order valence-corrected chi connectivity index (χ3v) is 4.60. The topological polar surface area (TPSA) is 15.3 Å². The van der Waals surface area contributed by atoms with Gasteiger partial charge in [-0.15, -0.1) is 0 Å². The van der Waals surface area contributed by atoms with Crippen molar-refractivity contribution in [2.75, 3.05) is 18.0 Å². The molecule has 2 nitrogen and oxygen atoms in total. The molecule has 3 heteroatoms. The van der Waals surface area contributed by atoms with Gasteiger partial charge in [0.2, 0.25) is 0 Å². The Kier molecular flexibility index (Phi) is 5.74. The highest BCUT2D eigenvalue weighted by Crippen LogP contribution is 2.30. The Labute approximate surface area is 128 Å². The Morgan fingerprint density at radius 1 is 1.35 bits per heavy atom. The average molecular weight is 295 g/mol. The number of benzene rings is 1. The van der Waals surface area contributed by atoms with Crippen LogP contribution in [0.5, 0.6) is 0 Å². The first-order valence-corrected chi connectivity index (χ1v) is 8.25. The van der Waals surface area contributed by atoms with Gasteiger partial charge in [0.15, 0.2) is 0 Å². The molecule has 0 aromatic heterocycles. The molecular formula is C17H27ClN2. The summed E-state index contributed by atoms with van der Waals surface area (Å²) in [6.45, 7) is 9.89. The van der Waals surface area contributed by atoms with Gasteiger partial charge in [-0.1, -0.05) is 31.5 Å². The molecule has 1 aromatic carbocycles. The maximum atomic E-state index is 6.44. The Morgan fingerprint density at radius 3 is 2.80 bits per heavy atom. The van der Waals surface area contributed by atoms with E-state index in [1.54, 1.807) is 0 Å². The molecular weight excluding hydrogens is 268 g/mol. The highest BCUT2D eigenvalue weighted by molar-refractivity contribution is 6.31. The van der Waals surface area contributed by atoms with Crippen molar-refractivity contribution in [3.8, 4) is 0 Å². The predicted octanol–water partition coefficient (Wildman–Crippen LogP) is 4.46. The summed E-state index contributed by atoms with van der Waals surface area (Å²) in [5.41, 5.74) is 2.47. The minimum absolute atomic E-state index is 0.610. The zero-order valence-electron chi connectivity index (χ0n) is 13.0. The second-order valence-electron chi connectivity index (χ2n) is 6.12. The second-order valence-corrected chi connectivity index (χ2v) is 6.53. The second kappa shape index (κ2) is 7.33. The molecule has 1 heterocycles. The van der Waals surface area contributed by atoms with Crippen molar-refractivity contribution in [2.24, 2.45) is 5.92 Å². The van der Waals surface area contributed by atoms with Gasteiger partial charge >= 0.3 is 0 Å². The molecule has 1 aliphatic heterocycles. The van der Waals surface area contributed by atoms with Crippen molar-refractivity contribution in [3.63, 3.8) is 0 Å². The van der Waals surface area contributed by atoms with Gasteiger partial charge in [0.05, 0.1) is 0 Å². The first-order valence-electron chi connectivity index (χ1n) is 7.87. The molecule has 0 aliphatic carbocycles. The summed E-state index contributed by atoms with van der Waals surface area (Å²) in [6.07, 6.45) is 3.71. The van der Waals surface area contributed by atoms with Gasteiger partial charge in [-0.3, -0.25) is 0 Å². The molecule has 0 spiro atoms. The molecule has 0 saturated carbocycles. The maximum Gasteiger partial charge on any atom is 0.0471 e. The number of hydrogen-bond donors (Lipinski definition) is 1. The van der Waals surface area contributed by atoms with Crippen molar-refractivity contribution in [1.82, 2.24) is 5.32 Å². The summed E-state index contributed by atoms with van der Waals surface area (Å²) >= 11 is 6.44. The van der Waals surface area contributed by atoms with Crippen molar-refractivity contribution in [3.05, 3.63) is 28.8 Å². The minimum Gasteiger partial charge on any atom is -0.369 e. The van der Waals surface area contributed by atoms with E-state index in [1.165, 1.54) is 24.1 Å². The smallest absolute Gasteiger partial charge is 0.0471 e. The van der Waals surface area contributed by atoms with Crippen LogP contribution in [0.3, 0.4) is 0 Å². The monoisotopic (exact) mass is 294 g/mol. The van der Waals surface area contributed by atoms with Crippen LogP contribution in [0.1, 0.15) is 45.6 Å². The van der Waals surface area contributed by atoms with Crippen LogP contribution in [-0.2, 0) is 6.54 Å². The lowest BCUT2D eigenvalue weighted by molar-refractivity contribution is 0.378. The van der Waals surface area contributed by atoms with E-state index in [-0.39, 0.29) is 0 Å². The maximum absolute atomic E-state index is 6.44. The van der Waals surface area contributed by atoms with Gasteiger partial charge in [-0.2, -0.15) is 0 Å². The van der Waals surface area contributed by atoms with Crippen LogP contribution in [0.4, 0.5) is 5.69 Å². The number of piperidine rings is 1. The summed E-state index contributed by atoms with van der Waals surface area (Å²) < 4.78 is 0. The number of rotatable bonds is 5. The Balaban J connectivity index is 2.04. The van der Waals surface area contributed by atoms with E-state index in [9.17, 15) is 0 Å². The molecule has 0 amide bonds. The summed E-state index contributed by atoms with van der Waals surface area (Å²) in [5.74, 6) is 0.842. The largest absolute Gasteiger partial charge is 0.369 e. The molecule has 1 aliphatic rings. The highest BCUT2D eigenvalue weighted by Gasteiger charge is 2.23. The molecule has 2 rings (SSSR count). The summed E-state index contributed by atoms with van der Waals surface area (Å²) in [7, 11) is 0. The summed E-state index contributed by atoms with van der Waals surface area (Å²) in [5, 5.41) is 4.29. The van der Waals surface area contributed by atoms with Crippen molar-refractivity contribution in [2.45, 2.75) is 52.6 Å². The van der Waals surface area contributed by atoms with E-state index in [1.807, 2.05) is 0 Å². The van der Waals surface area contributed by atoms with E-state index in [4.69, 9.17) is 11.6 Å². The van der Waals surface area contributed by atoms with E-state index in [2.05, 4.69) is 49.2 Å². The van der Waals surface area contributed by atoms with Crippen LogP contribution < -0.4 is 10.2 Å². The van der Waals surface area contributed by atoms with Crippen LogP contribution in [0.15, 0.2) is 18.2 Å². The molecule has 2 atom stereocenters. The van der Waals surface area contributed by atoms with E-state index in [0.717, 1.165) is 37.0 Å². The zero-order valence-corrected chi connectivity index (χ0v) is 13.7. The Morgan fingerprint density at radius 2 is 2.15 bits per heavy atom. The van der Waals surface area contributed by atoms with E-state index >= 15 is 0 Å². The predicted molar refractivity (Wildman–Crippen MR) is 88.7 cm³/mol. The molecule has 20 heavy (non-hydrogen) atoms. The number of anilines is 1. The van der Waals surface area contributed by atoms with Crippen LogP contribution >= 0.6 is 11.6 Å². The minimum atomic E-state index is 0.610. The quantitative estimate of drug-likeness (QED) is 0.806. The van der Waals surface area contributed by atoms with Crippen LogP contribution in [0, 0.1) is 5.92 Å². The standard InChI is InChI=1S/C17H27ClN2/c1-4-8-19-12-15-5-6-16(11-17(15)18)20-9-7-13(2)10-14(20)3/h5-6,11,13-14,19H,4,7-10,12H2,1-3H3. The molecule has 1 N–H and O–H groups in total. The van der Waals surface area contributed by atoms with Crippen molar-refractivity contribution in [1.29, 1.82) is 0 Å². The van der Waals surface area contributed by atoms with Gasteiger partial charge in [0.1, 0.15) is 0 Å². The molecule has 1 saturated heterocycles. The molecule has 0 radical (unpaired) electrons. The van der Waals surface area contributed by atoms with Gasteiger partial charge in [0, 0.05) is 29.8 Å². The van der Waals surface area contributed by atoms with E-state index < -0.39 is 0 Å². The molecule has 2 unspecified atom stereocenters. The normalized spacial score (nSPS) is 23.1. The van der Waals surface area contributed by atoms with Gasteiger partial charge in [-0.05, 0) is 56.3 Å². The number of halogens is 1. The van der Waals surface area contributed by atoms with Crippen molar-refractivity contribution >= 4 is 17.3 Å².